The highest BCUT2D eigenvalue weighted by atomic mass is 32.1. The maximum Gasteiger partial charge on any atom is 0.243 e. The first-order valence-electron chi connectivity index (χ1n) is 21.8. The summed E-state index contributed by atoms with van der Waals surface area (Å²) in [5, 5.41) is 38.7. The van der Waals surface area contributed by atoms with E-state index < -0.39 is 18.1 Å². The van der Waals surface area contributed by atoms with Crippen LogP contribution in [0.3, 0.4) is 0 Å². The topological polar surface area (TPSA) is 178 Å². The summed E-state index contributed by atoms with van der Waals surface area (Å²) in [6, 6.07) is 18.0. The third-order valence-corrected chi connectivity index (χ3v) is 15.7. The van der Waals surface area contributed by atoms with Crippen LogP contribution in [-0.4, -0.2) is 102 Å². The minimum Gasteiger partial charge on any atom is -0.507 e. The van der Waals surface area contributed by atoms with E-state index in [1.807, 2.05) is 81.7 Å². The lowest BCUT2D eigenvalue weighted by Crippen LogP contribution is -2.51. The number of phenolic OH excluding ortho intramolecular Hbond substituents is 1. The predicted molar refractivity (Wildman–Crippen MR) is 240 cm³/mol. The first kappa shape index (κ1) is 41.3. The molecule has 2 bridgehead atoms. The number of aliphatic hydroxyl groups excluding tert-OH is 1. The Morgan fingerprint density at radius 3 is 2.49 bits per heavy atom. The molecule has 0 saturated carbocycles. The van der Waals surface area contributed by atoms with Crippen LogP contribution < -0.4 is 10.2 Å². The molecule has 0 unspecified atom stereocenters. The van der Waals surface area contributed by atoms with Crippen molar-refractivity contribution < 1.29 is 29.1 Å². The minimum atomic E-state index is -0.834. The molecule has 0 spiro atoms. The third-order valence-electron chi connectivity index (χ3n) is 13.6. The van der Waals surface area contributed by atoms with Crippen LogP contribution in [0.1, 0.15) is 79.5 Å². The molecule has 3 amide bonds. The Morgan fingerprint density at radius 2 is 1.76 bits per heavy atom. The van der Waals surface area contributed by atoms with Crippen LogP contribution >= 0.6 is 22.7 Å². The molecule has 63 heavy (non-hydrogen) atoms. The zero-order chi connectivity index (χ0) is 43.7. The number of hydrogen-bond donors (Lipinski definition) is 3. The van der Waals surface area contributed by atoms with Gasteiger partial charge < -0.3 is 34.8 Å². The molecule has 4 aliphatic rings. The largest absolute Gasteiger partial charge is 0.507 e. The molecule has 16 heteroatoms. The Labute approximate surface area is 372 Å². The fraction of sp³-hybridized carbons (Fsp3) is 0.426. The number of benzene rings is 2. The molecule has 3 saturated heterocycles. The number of carbonyl (C=O) groups is 3. The van der Waals surface area contributed by atoms with Crippen LogP contribution in [0.25, 0.3) is 31.9 Å². The van der Waals surface area contributed by atoms with Crippen LogP contribution in [-0.2, 0) is 27.2 Å². The molecule has 326 valence electrons. The Kier molecular flexibility index (Phi) is 10.8. The molecule has 2 aromatic carbocycles. The lowest BCUT2D eigenvalue weighted by atomic mass is 9.86. The number of phenols is 1. The third kappa shape index (κ3) is 7.54. The molecular formula is C47H50N8O6S2. The first-order valence-corrected chi connectivity index (χ1v) is 23.5. The summed E-state index contributed by atoms with van der Waals surface area (Å²) in [4.78, 5) is 55.7. The molecular weight excluding hydrogens is 837 g/mol. The number of amides is 3. The number of thiazole rings is 1. The first-order chi connectivity index (χ1) is 30.4. The fourth-order valence-corrected chi connectivity index (χ4v) is 12.2. The van der Waals surface area contributed by atoms with Crippen LogP contribution in [0.2, 0.25) is 0 Å². The number of carbonyl (C=O) groups excluding carboxylic acids is 3. The second-order valence-corrected chi connectivity index (χ2v) is 19.9. The monoisotopic (exact) mass is 886 g/mol. The molecule has 3 aliphatic heterocycles. The molecule has 14 nitrogen and oxygen atoms in total. The van der Waals surface area contributed by atoms with E-state index >= 15 is 0 Å². The zero-order valence-corrected chi connectivity index (χ0v) is 37.2. The summed E-state index contributed by atoms with van der Waals surface area (Å²) in [6.07, 6.45) is 2.39. The normalized spacial score (nSPS) is 22.8. The van der Waals surface area contributed by atoms with Gasteiger partial charge in [0.25, 0.3) is 0 Å². The molecule has 3 fully saturated rings. The summed E-state index contributed by atoms with van der Waals surface area (Å²) in [5.41, 5.74) is 7.21. The number of aromatic nitrogens is 4. The summed E-state index contributed by atoms with van der Waals surface area (Å²) < 4.78 is 5.94. The van der Waals surface area contributed by atoms with E-state index in [2.05, 4.69) is 35.5 Å². The Bertz CT molecular complexity index is 2710. The summed E-state index contributed by atoms with van der Waals surface area (Å²) in [7, 11) is 0. The fourth-order valence-electron chi connectivity index (χ4n) is 10.2. The van der Waals surface area contributed by atoms with Gasteiger partial charge in [-0.3, -0.25) is 14.4 Å². The van der Waals surface area contributed by atoms with Crippen LogP contribution in [0.5, 0.6) is 5.75 Å². The van der Waals surface area contributed by atoms with Gasteiger partial charge in [0.2, 0.25) is 17.7 Å². The van der Waals surface area contributed by atoms with Crippen molar-refractivity contribution in [1.82, 2.24) is 35.5 Å². The number of nitrogens with one attached hydrogen (secondary N) is 1. The van der Waals surface area contributed by atoms with Gasteiger partial charge in [0, 0.05) is 53.9 Å². The van der Waals surface area contributed by atoms with E-state index in [0.717, 1.165) is 56.7 Å². The number of aliphatic hydroxyl groups is 1. The quantitative estimate of drug-likeness (QED) is 0.134. The molecule has 6 aromatic rings. The van der Waals surface area contributed by atoms with E-state index in [1.54, 1.807) is 34.8 Å². The van der Waals surface area contributed by atoms with Gasteiger partial charge in [0.15, 0.2) is 11.6 Å². The van der Waals surface area contributed by atoms with Crippen molar-refractivity contribution in [3.8, 4) is 27.4 Å². The average Bonchev–Trinajstić information content (AvgIpc) is 4.15. The van der Waals surface area contributed by atoms with Gasteiger partial charge in [-0.25, -0.2) is 4.98 Å². The van der Waals surface area contributed by atoms with Crippen molar-refractivity contribution >= 4 is 56.4 Å². The molecule has 0 radical (unpaired) electrons. The highest BCUT2D eigenvalue weighted by Gasteiger charge is 2.49. The second kappa shape index (κ2) is 16.4. The Hall–Kier alpha value is -5.71. The molecule has 10 rings (SSSR count). The van der Waals surface area contributed by atoms with Crippen molar-refractivity contribution in [1.29, 1.82) is 0 Å². The number of hydrogen-bond acceptors (Lipinski definition) is 13. The highest BCUT2D eigenvalue weighted by molar-refractivity contribution is 7.18. The lowest BCUT2D eigenvalue weighted by Gasteiger charge is -2.36. The maximum absolute atomic E-state index is 14.4. The van der Waals surface area contributed by atoms with Gasteiger partial charge in [-0.1, -0.05) is 55.4 Å². The molecule has 7 heterocycles. The summed E-state index contributed by atoms with van der Waals surface area (Å²) in [6.45, 7) is 9.05. The predicted octanol–water partition coefficient (Wildman–Crippen LogP) is 6.66. The summed E-state index contributed by atoms with van der Waals surface area (Å²) in [5.74, 6) is -0.227. The van der Waals surface area contributed by atoms with Crippen molar-refractivity contribution in [3.63, 3.8) is 0 Å². The summed E-state index contributed by atoms with van der Waals surface area (Å²) >= 11 is 3.23. The van der Waals surface area contributed by atoms with Gasteiger partial charge in [0.1, 0.15) is 22.5 Å². The van der Waals surface area contributed by atoms with E-state index in [4.69, 9.17) is 4.52 Å². The van der Waals surface area contributed by atoms with Gasteiger partial charge in [-0.2, -0.15) is 0 Å². The SMILES string of the molecule is Cc1ncsc1-c1ccc([C@H](C)NC(=O)[C@@H]2C[C@@H](O)CN2C(=O)[C@@H](c2cc(N3C[C@@H]4C[C@H]3CN4C(=O)[C@H]3CCc4sc5nnc(-c6ccccc6O)cc5c4C3)no2)C(C)C)cc1. The van der Waals surface area contributed by atoms with Crippen molar-refractivity contribution in [3.05, 3.63) is 93.6 Å². The number of β-amino-alcohol motifs (C(OH)–C–C–N with tert-alkyl or cyclic N) is 1. The standard InChI is InChI=1S/C47H50N8O6S2/c1-24(2)42(47(60)55-22-32(56)17-37(55)44(58)49-25(3)27-9-11-28(12-10-27)43-26(4)48-23-62-43)39-19-41(52-61-39)53-20-31-16-30(53)21-54(31)46(59)29-13-14-40-34(15-29)35-18-36(50-51-45(35)63-40)33-7-5-6-8-38(33)57/h5-12,18-19,23-25,29-32,37,42,56-57H,13-17,20-22H2,1-4H3,(H,49,58)/t25-,29-,30-,31-,32+,37-,42+/m0/s1. The number of fused-ring (bicyclic) bond motifs is 5. The molecule has 1 aliphatic carbocycles. The Balaban J connectivity index is 0.786. The van der Waals surface area contributed by atoms with Gasteiger partial charge in [-0.05, 0) is 80.3 Å². The maximum atomic E-state index is 14.4. The second-order valence-electron chi connectivity index (χ2n) is 17.9. The number of nitrogens with zero attached hydrogens (tertiary/aromatic N) is 7. The van der Waals surface area contributed by atoms with Crippen LogP contribution in [0.15, 0.2) is 70.7 Å². The lowest BCUT2D eigenvalue weighted by molar-refractivity contribution is -0.141. The zero-order valence-electron chi connectivity index (χ0n) is 35.6. The van der Waals surface area contributed by atoms with Crippen molar-refractivity contribution in [2.45, 2.75) is 96.0 Å². The minimum absolute atomic E-state index is 0.0393. The van der Waals surface area contributed by atoms with Crippen LogP contribution in [0.4, 0.5) is 5.82 Å². The number of piperazine rings is 1. The number of likely N-dealkylation sites (tertiary alicyclic amines) is 2. The van der Waals surface area contributed by atoms with Gasteiger partial charge in [0.05, 0.1) is 46.0 Å². The van der Waals surface area contributed by atoms with E-state index in [1.165, 1.54) is 9.78 Å². The number of thiophene rings is 1. The van der Waals surface area contributed by atoms with E-state index in [9.17, 15) is 24.6 Å². The van der Waals surface area contributed by atoms with Crippen molar-refractivity contribution in [2.24, 2.45) is 11.8 Å². The average molecular weight is 887 g/mol. The number of aromatic hydroxyl groups is 1. The number of para-hydroxylation sites is 1. The highest BCUT2D eigenvalue weighted by Crippen LogP contribution is 2.42. The van der Waals surface area contributed by atoms with Crippen LogP contribution in [0, 0.1) is 18.8 Å². The number of rotatable bonds is 10. The number of aryl methyl sites for hydroxylation is 2. The van der Waals surface area contributed by atoms with E-state index in [0.29, 0.717) is 42.3 Å². The molecule has 3 N–H and O–H groups in total. The van der Waals surface area contributed by atoms with Crippen molar-refractivity contribution in [2.75, 3.05) is 24.5 Å². The van der Waals surface area contributed by atoms with Gasteiger partial charge >= 0.3 is 0 Å². The molecule has 7 atom stereocenters. The smallest absolute Gasteiger partial charge is 0.243 e. The molecule has 4 aromatic heterocycles. The van der Waals surface area contributed by atoms with Gasteiger partial charge in [-0.15, -0.1) is 32.9 Å². The number of anilines is 1. The Morgan fingerprint density at radius 1 is 0.952 bits per heavy atom. The van der Waals surface area contributed by atoms with E-state index in [-0.39, 0.29) is 66.4 Å².